The summed E-state index contributed by atoms with van der Waals surface area (Å²) in [5.41, 5.74) is 5.01. The van der Waals surface area contributed by atoms with Crippen molar-refractivity contribution in [3.63, 3.8) is 0 Å². The Morgan fingerprint density at radius 1 is 0.879 bits per heavy atom. The first-order valence-corrected chi connectivity index (χ1v) is 8.72. The number of carboxylic acids is 4. The number of hydrogen-bond acceptors (Lipinski definition) is 14. The molecule has 0 aromatic carbocycles. The molecule has 0 rings (SSSR count). The Kier molecular flexibility index (Phi) is 43.2. The van der Waals surface area contributed by atoms with E-state index in [1.54, 1.807) is 5.32 Å². The van der Waals surface area contributed by atoms with Crippen LogP contribution in [0.25, 0.3) is 0 Å². The maximum atomic E-state index is 11.6. The van der Waals surface area contributed by atoms with E-state index in [0.717, 1.165) is 0 Å². The molecular formula is C12H14K5N2O13P. The van der Waals surface area contributed by atoms with Gasteiger partial charge in [0.05, 0.1) is 36.6 Å². The van der Waals surface area contributed by atoms with Crippen molar-refractivity contribution < 1.29 is 320 Å². The molecule has 160 valence electrons. The van der Waals surface area contributed by atoms with Crippen LogP contribution in [-0.4, -0.2) is 54.6 Å². The molecule has 0 heterocycles. The van der Waals surface area contributed by atoms with E-state index in [9.17, 15) is 53.9 Å². The number of amides is 1. The average molecular weight is 621 g/mol. The summed E-state index contributed by atoms with van der Waals surface area (Å²) in [6.45, 7) is -1.32. The third-order valence-corrected chi connectivity index (χ3v) is 3.83. The number of nitrogens with two attached hydrogens (primary N) is 1. The van der Waals surface area contributed by atoms with Crippen LogP contribution in [0.1, 0.15) is 19.3 Å². The molecule has 0 saturated heterocycles. The number of nitrogens with one attached hydrogen (secondary N) is 1. The fourth-order valence-corrected chi connectivity index (χ4v) is 2.42. The van der Waals surface area contributed by atoms with Crippen LogP contribution in [-0.2, 0) is 37.6 Å². The zero-order chi connectivity index (χ0) is 22.1. The minimum Gasteiger partial charge on any atom is -0.756 e. The van der Waals surface area contributed by atoms with E-state index in [2.05, 4.69) is 9.05 Å². The zero-order valence-electron chi connectivity index (χ0n) is 18.9. The molecule has 1 unspecified atom stereocenters. The number of carbonyl (C=O) groups excluding carboxylic acids is 5. The summed E-state index contributed by atoms with van der Waals surface area (Å²) in [7, 11) is -5.50. The number of carboxylic acid groups (broad SMARTS) is 4. The molecule has 0 radical (unpaired) electrons. The van der Waals surface area contributed by atoms with Gasteiger partial charge in [-0.1, -0.05) is 0 Å². The Hall–Kier alpha value is 5.60. The number of hydrogen-bond donors (Lipinski definition) is 2. The quantitative estimate of drug-likeness (QED) is 0.135. The van der Waals surface area contributed by atoms with Crippen LogP contribution in [0.5, 0.6) is 0 Å². The van der Waals surface area contributed by atoms with Crippen molar-refractivity contribution in [2.45, 2.75) is 37.5 Å². The first-order chi connectivity index (χ1) is 12.7. The van der Waals surface area contributed by atoms with Crippen molar-refractivity contribution in [3.8, 4) is 0 Å². The monoisotopic (exact) mass is 620 g/mol. The second-order valence-electron chi connectivity index (χ2n) is 5.14. The Bertz CT molecular complexity index is 686. The zero-order valence-corrected chi connectivity index (χ0v) is 35.4. The van der Waals surface area contributed by atoms with Gasteiger partial charge in [0.1, 0.15) is 6.10 Å². The first kappa shape index (κ1) is 51.4. The standard InChI is InChI=1S/C12H19N2O13P.5K/c13-5(10(18)19)3-8(15)14-6(11(20)21)4-26-28(24,25)27-7(12(22)23)1-2-9(16)17;;;;;/h5-7H,1-4,13H2,(H,14,15)(H,16,17)(H,18,19)(H,20,21)(H,22,23)(H,24,25);;;;;/q;5*+1/p-5/t5-,6-,7-;;;;;/m0...../s1. The van der Waals surface area contributed by atoms with Crippen molar-refractivity contribution in [3.05, 3.63) is 0 Å². The van der Waals surface area contributed by atoms with Crippen molar-refractivity contribution in [2.24, 2.45) is 5.73 Å². The number of phosphoric acid groups is 1. The number of rotatable bonds is 14. The molecule has 15 nitrogen and oxygen atoms in total. The van der Waals surface area contributed by atoms with Crippen molar-refractivity contribution in [2.75, 3.05) is 6.61 Å². The fourth-order valence-electron chi connectivity index (χ4n) is 1.52. The smallest absolute Gasteiger partial charge is 0.756 e. The van der Waals surface area contributed by atoms with Crippen LogP contribution in [0, 0.1) is 0 Å². The summed E-state index contributed by atoms with van der Waals surface area (Å²) in [4.78, 5) is 65.4. The van der Waals surface area contributed by atoms with E-state index in [1.165, 1.54) is 0 Å². The molecule has 0 aromatic heterocycles. The van der Waals surface area contributed by atoms with E-state index < -0.39 is 81.7 Å². The van der Waals surface area contributed by atoms with Gasteiger partial charge in [-0.2, -0.15) is 0 Å². The van der Waals surface area contributed by atoms with Gasteiger partial charge in [-0.3, -0.25) is 9.36 Å². The van der Waals surface area contributed by atoms with Crippen molar-refractivity contribution in [1.29, 1.82) is 0 Å². The molecule has 0 aliphatic rings. The number of phosphoric ester groups is 1. The second-order valence-corrected chi connectivity index (χ2v) is 6.50. The summed E-state index contributed by atoms with van der Waals surface area (Å²) >= 11 is 0. The van der Waals surface area contributed by atoms with Gasteiger partial charge in [0.25, 0.3) is 7.82 Å². The largest absolute Gasteiger partial charge is 1.00 e. The van der Waals surface area contributed by atoms with Gasteiger partial charge < -0.3 is 64.6 Å². The molecule has 4 atom stereocenters. The molecule has 0 aliphatic carbocycles. The van der Waals surface area contributed by atoms with E-state index in [4.69, 9.17) is 5.73 Å². The van der Waals surface area contributed by atoms with Gasteiger partial charge in [-0.15, -0.1) is 0 Å². The molecule has 0 fully saturated rings. The van der Waals surface area contributed by atoms with Gasteiger partial charge in [-0.25, -0.2) is 0 Å². The summed E-state index contributed by atoms with van der Waals surface area (Å²) in [5, 5.41) is 44.0. The molecule has 21 heteroatoms. The van der Waals surface area contributed by atoms with Crippen LogP contribution in [0.3, 0.4) is 0 Å². The summed E-state index contributed by atoms with van der Waals surface area (Å²) < 4.78 is 19.8. The van der Waals surface area contributed by atoms with Crippen LogP contribution < -0.4 is 293 Å². The SMILES string of the molecule is N[C@@H](CC(=O)N[C@@H](COP(=O)([O-])O[C@@H](CCC(=O)[O-])C(=O)[O-])C(=O)[O-])C(=O)[O-].[K+].[K+].[K+].[K+].[K+]. The minimum atomic E-state index is -5.50. The Morgan fingerprint density at radius 2 is 1.36 bits per heavy atom. The summed E-state index contributed by atoms with van der Waals surface area (Å²) in [5.74, 6) is -8.87. The molecule has 0 aliphatic heterocycles. The third kappa shape index (κ3) is 27.5. The van der Waals surface area contributed by atoms with E-state index in [1.807, 2.05) is 0 Å². The predicted octanol–water partition coefficient (Wildman–Crippen LogP) is -23.1. The predicted molar refractivity (Wildman–Crippen MR) is 72.2 cm³/mol. The molecule has 0 bridgehead atoms. The molecule has 0 aromatic rings. The van der Waals surface area contributed by atoms with Crippen molar-refractivity contribution >= 4 is 37.6 Å². The van der Waals surface area contributed by atoms with E-state index in [-0.39, 0.29) is 257 Å². The van der Waals surface area contributed by atoms with Crippen LogP contribution in [0.15, 0.2) is 0 Å². The van der Waals surface area contributed by atoms with Crippen LogP contribution >= 0.6 is 7.82 Å². The Balaban J connectivity index is -0.000000364. The maximum absolute atomic E-state index is 11.6. The summed E-state index contributed by atoms with van der Waals surface area (Å²) in [6, 6.07) is -3.89. The van der Waals surface area contributed by atoms with E-state index >= 15 is 0 Å². The van der Waals surface area contributed by atoms with Gasteiger partial charge in [0.15, 0.2) is 0 Å². The van der Waals surface area contributed by atoms with Crippen molar-refractivity contribution in [1.82, 2.24) is 5.32 Å². The van der Waals surface area contributed by atoms with Crippen LogP contribution in [0.2, 0.25) is 0 Å². The minimum absolute atomic E-state index is 0. The Morgan fingerprint density at radius 3 is 1.73 bits per heavy atom. The molecule has 3 N–H and O–H groups in total. The Labute approximate surface area is 401 Å². The molecule has 0 saturated carbocycles. The van der Waals surface area contributed by atoms with Gasteiger partial charge >= 0.3 is 257 Å². The third-order valence-electron chi connectivity index (χ3n) is 2.86. The first-order valence-electron chi connectivity index (χ1n) is 7.26. The van der Waals surface area contributed by atoms with Gasteiger partial charge in [-0.05, 0) is 12.8 Å². The van der Waals surface area contributed by atoms with Gasteiger partial charge in [0, 0.05) is 12.4 Å². The topological polar surface area (TPSA) is 274 Å². The molecule has 33 heavy (non-hydrogen) atoms. The van der Waals surface area contributed by atoms with Gasteiger partial charge in [0.2, 0.25) is 5.91 Å². The molecule has 0 spiro atoms. The average Bonchev–Trinajstić information content (AvgIpc) is 2.54. The van der Waals surface area contributed by atoms with E-state index in [0.29, 0.717) is 0 Å². The fraction of sp³-hybridized carbons (Fsp3) is 0.583. The second kappa shape index (κ2) is 27.8. The normalized spacial score (nSPS) is 13.8. The summed E-state index contributed by atoms with van der Waals surface area (Å²) in [6.07, 6.45) is -4.93. The molecule has 1 amide bonds. The number of aliphatic carboxylic acids is 4. The maximum Gasteiger partial charge on any atom is 1.00 e. The van der Waals surface area contributed by atoms with Crippen LogP contribution in [0.4, 0.5) is 0 Å². The number of carbonyl (C=O) groups is 5. The molecular weight excluding hydrogens is 607 g/mol.